The van der Waals surface area contributed by atoms with E-state index in [1.807, 2.05) is 30.3 Å². The number of fused-ring (bicyclic) bond motifs is 3. The normalized spacial score (nSPS) is 10.7. The maximum atomic E-state index is 12.1. The van der Waals surface area contributed by atoms with E-state index in [0.717, 1.165) is 20.2 Å². The Hall–Kier alpha value is -2.07. The van der Waals surface area contributed by atoms with E-state index < -0.39 is 18.5 Å². The molecule has 4 rings (SSSR count). The molecule has 0 saturated carbocycles. The number of primary amides is 1. The van der Waals surface area contributed by atoms with Crippen molar-refractivity contribution in [1.29, 1.82) is 0 Å². The fraction of sp³-hybridized carbons (Fsp3) is 0.0909. The van der Waals surface area contributed by atoms with E-state index in [1.54, 1.807) is 24.3 Å². The van der Waals surface area contributed by atoms with Crippen LogP contribution in [-0.2, 0) is 11.3 Å². The summed E-state index contributed by atoms with van der Waals surface area (Å²) in [5.41, 5.74) is 8.73. The molecule has 0 fully saturated rings. The van der Waals surface area contributed by atoms with Crippen molar-refractivity contribution in [2.75, 3.05) is 6.61 Å². The Kier molecular flexibility index (Phi) is 7.07. The van der Waals surface area contributed by atoms with E-state index in [1.165, 1.54) is 0 Å². The minimum Gasteiger partial charge on any atom is -0.546 e. The van der Waals surface area contributed by atoms with Gasteiger partial charge in [-0.25, -0.2) is 0 Å². The summed E-state index contributed by atoms with van der Waals surface area (Å²) in [5, 5.41) is 12.2. The van der Waals surface area contributed by atoms with Gasteiger partial charge >= 0.3 is 29.6 Å². The molecule has 146 valence electrons. The first kappa shape index (κ1) is 22.6. The molecule has 0 aliphatic carbocycles. The average Bonchev–Trinajstić information content (AvgIpc) is 3.01. The molecule has 0 spiro atoms. The van der Waals surface area contributed by atoms with Gasteiger partial charge in [0.15, 0.2) is 0 Å². The van der Waals surface area contributed by atoms with Crippen LogP contribution in [0.4, 0.5) is 0 Å². The first-order chi connectivity index (χ1) is 14.0. The summed E-state index contributed by atoms with van der Waals surface area (Å²) >= 11 is 2.27. The van der Waals surface area contributed by atoms with Gasteiger partial charge in [-0.15, -0.1) is 0 Å². The number of carboxylic acids is 1. The molecule has 0 saturated heterocycles. The fourth-order valence-corrected chi connectivity index (χ4v) is 4.21. The van der Waals surface area contributed by atoms with Crippen molar-refractivity contribution < 1.29 is 49.0 Å². The molecule has 3 aromatic carbocycles. The van der Waals surface area contributed by atoms with Gasteiger partial charge < -0.3 is 24.9 Å². The van der Waals surface area contributed by atoms with E-state index in [4.69, 9.17) is 10.5 Å². The summed E-state index contributed by atoms with van der Waals surface area (Å²) in [6.45, 7) is -0.00952. The predicted octanol–water partition coefficient (Wildman–Crippen LogP) is -0.321. The minimum absolute atomic E-state index is 0. The molecule has 0 bridgehead atoms. The zero-order valence-corrected chi connectivity index (χ0v) is 20.4. The molecular weight excluding hydrogens is 506 g/mol. The van der Waals surface area contributed by atoms with E-state index >= 15 is 0 Å². The van der Waals surface area contributed by atoms with Gasteiger partial charge in [-0.05, 0) is 64.6 Å². The first-order valence-electron chi connectivity index (χ1n) is 8.86. The zero-order chi connectivity index (χ0) is 20.5. The van der Waals surface area contributed by atoms with Crippen molar-refractivity contribution in [1.82, 2.24) is 4.57 Å². The van der Waals surface area contributed by atoms with Gasteiger partial charge in [0.2, 0.25) is 5.91 Å². The SMILES string of the molecule is NC(=O)c1cccc2c1c1c(OCC(=O)[O-])cccc1n2Cc1cccc(I)c1.[Na+]. The Bertz CT molecular complexity index is 1270. The number of nitrogens with two attached hydrogens (primary N) is 1. The molecule has 0 atom stereocenters. The molecule has 0 radical (unpaired) electrons. The van der Waals surface area contributed by atoms with E-state index in [2.05, 4.69) is 33.2 Å². The van der Waals surface area contributed by atoms with Gasteiger partial charge in [0.25, 0.3) is 0 Å². The maximum Gasteiger partial charge on any atom is 1.00 e. The van der Waals surface area contributed by atoms with E-state index in [-0.39, 0.29) is 29.6 Å². The molecule has 1 amide bonds. The number of benzene rings is 3. The van der Waals surface area contributed by atoms with Crippen molar-refractivity contribution >= 4 is 56.3 Å². The number of ether oxygens (including phenoxy) is 1. The second kappa shape index (κ2) is 9.38. The van der Waals surface area contributed by atoms with Gasteiger partial charge in [-0.1, -0.05) is 24.3 Å². The zero-order valence-electron chi connectivity index (χ0n) is 16.2. The topological polar surface area (TPSA) is 97.4 Å². The third-order valence-electron chi connectivity index (χ3n) is 4.72. The predicted molar refractivity (Wildman–Crippen MR) is 117 cm³/mol. The maximum absolute atomic E-state index is 12.1. The number of aromatic nitrogens is 1. The molecule has 1 aromatic heterocycles. The average molecular weight is 522 g/mol. The molecule has 30 heavy (non-hydrogen) atoms. The number of carbonyl (C=O) groups excluding carboxylic acids is 2. The molecule has 2 N–H and O–H groups in total. The van der Waals surface area contributed by atoms with Crippen molar-refractivity contribution in [3.05, 3.63) is 75.4 Å². The molecule has 0 aliphatic rings. The third kappa shape index (κ3) is 4.34. The minimum atomic E-state index is -1.32. The number of aliphatic carboxylic acids is 1. The third-order valence-corrected chi connectivity index (χ3v) is 5.39. The van der Waals surface area contributed by atoms with Crippen LogP contribution in [0.2, 0.25) is 0 Å². The number of rotatable bonds is 6. The van der Waals surface area contributed by atoms with Crippen LogP contribution < -0.4 is 45.1 Å². The summed E-state index contributed by atoms with van der Waals surface area (Å²) in [7, 11) is 0. The molecule has 0 unspecified atom stereocenters. The molecule has 1 heterocycles. The summed E-state index contributed by atoms with van der Waals surface area (Å²) in [6, 6.07) is 18.9. The van der Waals surface area contributed by atoms with Crippen LogP contribution in [0, 0.1) is 3.57 Å². The summed E-state index contributed by atoms with van der Waals surface area (Å²) in [5.74, 6) is -1.51. The van der Waals surface area contributed by atoms with Crippen molar-refractivity contribution in [2.45, 2.75) is 6.54 Å². The van der Waals surface area contributed by atoms with Crippen molar-refractivity contribution in [3.63, 3.8) is 0 Å². The standard InChI is InChI=1S/C22H17IN2O4.Na/c23-14-5-1-4-13(10-14)11-25-16-7-2-6-15(22(24)28)20(16)21-17(25)8-3-9-18(21)29-12-19(26)27;/h1-10H,11-12H2,(H2,24,28)(H,26,27);/q;+1/p-1. The van der Waals surface area contributed by atoms with Gasteiger partial charge in [0.05, 0.1) is 22.4 Å². The van der Waals surface area contributed by atoms with Gasteiger partial charge in [0, 0.05) is 21.1 Å². The first-order valence-corrected chi connectivity index (χ1v) is 9.94. The van der Waals surface area contributed by atoms with E-state index in [0.29, 0.717) is 28.6 Å². The molecular formula is C22H16IN2NaO4. The number of carbonyl (C=O) groups is 2. The summed E-state index contributed by atoms with van der Waals surface area (Å²) < 4.78 is 8.68. The molecule has 4 aromatic rings. The van der Waals surface area contributed by atoms with Gasteiger partial charge in [-0.2, -0.15) is 0 Å². The Labute approximate surface area is 208 Å². The van der Waals surface area contributed by atoms with Crippen molar-refractivity contribution in [2.24, 2.45) is 5.73 Å². The smallest absolute Gasteiger partial charge is 0.546 e. The number of hydrogen-bond acceptors (Lipinski definition) is 4. The Morgan fingerprint density at radius 3 is 2.33 bits per heavy atom. The quantitative estimate of drug-likeness (QED) is 0.278. The summed E-state index contributed by atoms with van der Waals surface area (Å²) in [4.78, 5) is 23.0. The van der Waals surface area contributed by atoms with Crippen LogP contribution in [0.15, 0.2) is 60.7 Å². The van der Waals surface area contributed by atoms with E-state index in [9.17, 15) is 14.7 Å². The van der Waals surface area contributed by atoms with Crippen LogP contribution in [0.3, 0.4) is 0 Å². The Morgan fingerprint density at radius 1 is 1.00 bits per heavy atom. The van der Waals surface area contributed by atoms with Crippen molar-refractivity contribution in [3.8, 4) is 5.75 Å². The number of amides is 1. The van der Waals surface area contributed by atoms with Gasteiger partial charge in [0.1, 0.15) is 12.4 Å². The van der Waals surface area contributed by atoms with Crippen LogP contribution in [0.5, 0.6) is 5.75 Å². The van der Waals surface area contributed by atoms with Crippen LogP contribution in [0.1, 0.15) is 15.9 Å². The Balaban J connectivity index is 0.00000256. The summed E-state index contributed by atoms with van der Waals surface area (Å²) in [6.07, 6.45) is 0. The van der Waals surface area contributed by atoms with Crippen LogP contribution in [0.25, 0.3) is 21.8 Å². The molecule has 8 heteroatoms. The molecule has 0 aliphatic heterocycles. The second-order valence-corrected chi connectivity index (χ2v) is 7.84. The monoisotopic (exact) mass is 522 g/mol. The van der Waals surface area contributed by atoms with Gasteiger partial charge in [-0.3, -0.25) is 4.79 Å². The second-order valence-electron chi connectivity index (χ2n) is 6.59. The van der Waals surface area contributed by atoms with Crippen LogP contribution in [-0.4, -0.2) is 23.1 Å². The Morgan fingerprint density at radius 2 is 1.67 bits per heavy atom. The largest absolute Gasteiger partial charge is 1.00 e. The number of halogens is 1. The fourth-order valence-electron chi connectivity index (χ4n) is 3.60. The molecule has 6 nitrogen and oxygen atoms in total. The van der Waals surface area contributed by atoms with Crippen LogP contribution >= 0.6 is 22.6 Å². The number of hydrogen-bond donors (Lipinski definition) is 1. The number of nitrogens with zero attached hydrogens (tertiary/aromatic N) is 1. The number of carboxylic acid groups (broad SMARTS) is 1.